The van der Waals surface area contributed by atoms with E-state index >= 15 is 0 Å². The maximum Gasteiger partial charge on any atom is 0.249 e. The van der Waals surface area contributed by atoms with Gasteiger partial charge in [-0.25, -0.2) is 5.01 Å². The van der Waals surface area contributed by atoms with E-state index < -0.39 is 15.7 Å². The standard InChI is InChI=1S/C23H34N4O4S/c1-21(2,3)18(30)25-20-26-27(19(31)22(4,5)6)23(32-20,16-10-8-7-9-11-16)13-12-17(29)24-14-15-28/h7-11,28H,12-15H2,1-6H3,(H,24,29)(H,25,26,30). The zero-order valence-corrected chi connectivity index (χ0v) is 20.5. The molecule has 1 heterocycles. The van der Waals surface area contributed by atoms with Gasteiger partial charge in [-0.1, -0.05) is 83.6 Å². The normalized spacial score (nSPS) is 18.8. The number of amides is 3. The van der Waals surface area contributed by atoms with E-state index in [1.54, 1.807) is 20.8 Å². The average Bonchev–Trinajstić information content (AvgIpc) is 3.08. The van der Waals surface area contributed by atoms with Gasteiger partial charge in [-0.05, 0) is 12.0 Å². The molecule has 0 bridgehead atoms. The maximum absolute atomic E-state index is 13.5. The molecule has 0 aromatic heterocycles. The van der Waals surface area contributed by atoms with Crippen LogP contribution in [0.25, 0.3) is 0 Å². The molecule has 0 spiro atoms. The number of rotatable bonds is 6. The lowest BCUT2D eigenvalue weighted by atomic mass is 9.92. The molecule has 1 aromatic rings. The molecule has 0 saturated carbocycles. The van der Waals surface area contributed by atoms with Gasteiger partial charge in [-0.2, -0.15) is 0 Å². The molecule has 1 aliphatic rings. The van der Waals surface area contributed by atoms with Crippen LogP contribution in [0, 0.1) is 10.8 Å². The van der Waals surface area contributed by atoms with Crippen molar-refractivity contribution in [2.45, 2.75) is 59.3 Å². The smallest absolute Gasteiger partial charge is 0.249 e. The Morgan fingerprint density at radius 3 is 2.22 bits per heavy atom. The van der Waals surface area contributed by atoms with E-state index in [1.165, 1.54) is 16.8 Å². The molecule has 0 aliphatic carbocycles. The molecular weight excluding hydrogens is 428 g/mol. The van der Waals surface area contributed by atoms with Gasteiger partial charge in [0.05, 0.1) is 6.61 Å². The predicted octanol–water partition coefficient (Wildman–Crippen LogP) is 2.78. The summed E-state index contributed by atoms with van der Waals surface area (Å²) >= 11 is 1.27. The summed E-state index contributed by atoms with van der Waals surface area (Å²) in [6.07, 6.45) is 0.394. The van der Waals surface area contributed by atoms with Gasteiger partial charge in [-0.15, -0.1) is 5.10 Å². The number of carbonyl (C=O) groups is 3. The molecule has 3 N–H and O–H groups in total. The van der Waals surface area contributed by atoms with Gasteiger partial charge in [-0.3, -0.25) is 14.4 Å². The summed E-state index contributed by atoms with van der Waals surface area (Å²) in [7, 11) is 0. The van der Waals surface area contributed by atoms with Gasteiger partial charge in [0.25, 0.3) is 0 Å². The molecule has 32 heavy (non-hydrogen) atoms. The summed E-state index contributed by atoms with van der Waals surface area (Å²) < 4.78 is 0. The summed E-state index contributed by atoms with van der Waals surface area (Å²) in [5.74, 6) is -0.661. The van der Waals surface area contributed by atoms with Crippen LogP contribution in [0.1, 0.15) is 59.9 Å². The first-order valence-electron chi connectivity index (χ1n) is 10.7. The predicted molar refractivity (Wildman–Crippen MR) is 126 cm³/mol. The minimum atomic E-state index is -0.997. The van der Waals surface area contributed by atoms with Gasteiger partial charge in [0, 0.05) is 23.8 Å². The highest BCUT2D eigenvalue weighted by atomic mass is 32.2. The molecule has 0 saturated heterocycles. The van der Waals surface area contributed by atoms with Crippen LogP contribution in [0.15, 0.2) is 35.4 Å². The molecular formula is C23H34N4O4S. The number of hydrogen-bond acceptors (Lipinski definition) is 6. The van der Waals surface area contributed by atoms with E-state index in [1.807, 2.05) is 51.1 Å². The van der Waals surface area contributed by atoms with Crippen molar-refractivity contribution in [1.82, 2.24) is 15.6 Å². The Kier molecular flexibility index (Phi) is 8.12. The SMILES string of the molecule is CC(C)(C)C(=O)NC1=NN(C(=O)C(C)(C)C)C(CCC(=O)NCCO)(c2ccccc2)S1. The van der Waals surface area contributed by atoms with Crippen molar-refractivity contribution in [2.24, 2.45) is 15.9 Å². The number of hydrogen-bond donors (Lipinski definition) is 3. The summed E-state index contributed by atoms with van der Waals surface area (Å²) in [6.45, 7) is 10.9. The molecule has 9 heteroatoms. The highest BCUT2D eigenvalue weighted by Crippen LogP contribution is 2.50. The fourth-order valence-electron chi connectivity index (χ4n) is 3.01. The van der Waals surface area contributed by atoms with Crippen LogP contribution >= 0.6 is 11.8 Å². The van der Waals surface area contributed by atoms with E-state index in [0.29, 0.717) is 5.17 Å². The molecule has 176 valence electrons. The van der Waals surface area contributed by atoms with Crippen molar-refractivity contribution >= 4 is 34.7 Å². The molecule has 1 aromatic carbocycles. The largest absolute Gasteiger partial charge is 0.395 e. The Labute approximate surface area is 194 Å². The average molecular weight is 463 g/mol. The number of benzene rings is 1. The van der Waals surface area contributed by atoms with Gasteiger partial charge in [0.15, 0.2) is 5.17 Å². The molecule has 1 atom stereocenters. The van der Waals surface area contributed by atoms with Gasteiger partial charge >= 0.3 is 0 Å². The first-order chi connectivity index (χ1) is 14.8. The summed E-state index contributed by atoms with van der Waals surface area (Å²) in [5.41, 5.74) is -0.557. The van der Waals surface area contributed by atoms with Crippen molar-refractivity contribution in [3.63, 3.8) is 0 Å². The van der Waals surface area contributed by atoms with Crippen LogP contribution < -0.4 is 10.6 Å². The maximum atomic E-state index is 13.5. The number of nitrogens with zero attached hydrogens (tertiary/aromatic N) is 2. The fourth-order valence-corrected chi connectivity index (χ4v) is 4.26. The lowest BCUT2D eigenvalue weighted by molar-refractivity contribution is -0.143. The van der Waals surface area contributed by atoms with Crippen molar-refractivity contribution in [3.05, 3.63) is 35.9 Å². The molecule has 3 amide bonds. The van der Waals surface area contributed by atoms with Crippen LogP contribution in [-0.2, 0) is 19.3 Å². The zero-order valence-electron chi connectivity index (χ0n) is 19.7. The second kappa shape index (κ2) is 10.0. The molecule has 1 aliphatic heterocycles. The van der Waals surface area contributed by atoms with Crippen LogP contribution in [0.5, 0.6) is 0 Å². The third kappa shape index (κ3) is 6.10. The van der Waals surface area contributed by atoms with E-state index in [-0.39, 0.29) is 43.7 Å². The van der Waals surface area contributed by atoms with Gasteiger partial charge in [0.2, 0.25) is 17.7 Å². The van der Waals surface area contributed by atoms with Crippen molar-refractivity contribution < 1.29 is 19.5 Å². The quantitative estimate of drug-likeness (QED) is 0.602. The molecule has 8 nitrogen and oxygen atoms in total. The molecule has 0 radical (unpaired) electrons. The third-order valence-electron chi connectivity index (χ3n) is 4.88. The number of aliphatic hydroxyl groups is 1. The van der Waals surface area contributed by atoms with E-state index in [0.717, 1.165) is 5.56 Å². The van der Waals surface area contributed by atoms with E-state index in [4.69, 9.17) is 5.11 Å². The lowest BCUT2D eigenvalue weighted by Gasteiger charge is -2.38. The Bertz CT molecular complexity index is 874. The summed E-state index contributed by atoms with van der Waals surface area (Å²) in [4.78, 5) is 37.4. The number of aliphatic hydroxyl groups excluding tert-OH is 1. The number of carbonyl (C=O) groups excluding carboxylic acids is 3. The Morgan fingerprint density at radius 1 is 1.06 bits per heavy atom. The molecule has 2 rings (SSSR count). The monoisotopic (exact) mass is 462 g/mol. The van der Waals surface area contributed by atoms with Crippen LogP contribution in [0.3, 0.4) is 0 Å². The van der Waals surface area contributed by atoms with Crippen LogP contribution in [0.2, 0.25) is 0 Å². The second-order valence-corrected chi connectivity index (χ2v) is 11.1. The van der Waals surface area contributed by atoms with Crippen molar-refractivity contribution in [2.75, 3.05) is 13.2 Å². The molecule has 0 fully saturated rings. The first-order valence-corrected chi connectivity index (χ1v) is 11.5. The number of amidine groups is 1. The van der Waals surface area contributed by atoms with Crippen molar-refractivity contribution in [3.8, 4) is 0 Å². The number of nitrogens with one attached hydrogen (secondary N) is 2. The fraction of sp³-hybridized carbons (Fsp3) is 0.565. The number of hydrazone groups is 1. The van der Waals surface area contributed by atoms with E-state index in [9.17, 15) is 14.4 Å². The zero-order chi connectivity index (χ0) is 24.2. The Hall–Kier alpha value is -2.39. The van der Waals surface area contributed by atoms with Gasteiger partial charge < -0.3 is 15.7 Å². The summed E-state index contributed by atoms with van der Waals surface area (Å²) in [5, 5.41) is 20.8. The number of thioether (sulfide) groups is 1. The molecule has 1 unspecified atom stereocenters. The second-order valence-electron chi connectivity index (χ2n) is 9.80. The highest BCUT2D eigenvalue weighted by molar-refractivity contribution is 8.14. The third-order valence-corrected chi connectivity index (χ3v) is 6.21. The minimum absolute atomic E-state index is 0.117. The minimum Gasteiger partial charge on any atom is -0.395 e. The topological polar surface area (TPSA) is 111 Å². The first kappa shape index (κ1) is 25.9. The van der Waals surface area contributed by atoms with Crippen molar-refractivity contribution in [1.29, 1.82) is 0 Å². The lowest BCUT2D eigenvalue weighted by Crippen LogP contribution is -2.46. The highest BCUT2D eigenvalue weighted by Gasteiger charge is 2.51. The van der Waals surface area contributed by atoms with E-state index in [2.05, 4.69) is 15.7 Å². The Morgan fingerprint density at radius 2 is 1.69 bits per heavy atom. The Balaban J connectivity index is 2.49. The summed E-state index contributed by atoms with van der Waals surface area (Å²) in [6, 6.07) is 9.41. The van der Waals surface area contributed by atoms with Gasteiger partial charge in [0.1, 0.15) is 4.87 Å². The van der Waals surface area contributed by atoms with Crippen LogP contribution in [0.4, 0.5) is 0 Å². The van der Waals surface area contributed by atoms with Crippen LogP contribution in [-0.4, -0.2) is 46.2 Å².